The van der Waals surface area contributed by atoms with Crippen molar-refractivity contribution in [2.24, 2.45) is 5.73 Å². The number of furan rings is 1. The zero-order valence-electron chi connectivity index (χ0n) is 5.78. The summed E-state index contributed by atoms with van der Waals surface area (Å²) >= 11 is 0. The van der Waals surface area contributed by atoms with E-state index >= 15 is 0 Å². The van der Waals surface area contributed by atoms with Crippen molar-refractivity contribution in [2.45, 2.75) is 12.1 Å². The molecule has 2 heterocycles. The van der Waals surface area contributed by atoms with Gasteiger partial charge >= 0.3 is 0 Å². The lowest BCUT2D eigenvalue weighted by atomic mass is 9.98. The molecule has 0 radical (unpaired) electrons. The Kier molecular flexibility index (Phi) is 1.22. The van der Waals surface area contributed by atoms with Gasteiger partial charge in [0.25, 0.3) is 0 Å². The van der Waals surface area contributed by atoms with Crippen molar-refractivity contribution in [2.75, 3.05) is 0 Å². The highest BCUT2D eigenvalue weighted by Crippen LogP contribution is 2.22. The third-order valence-corrected chi connectivity index (χ3v) is 1.81. The predicted octanol–water partition coefficient (Wildman–Crippen LogP) is -0.222. The number of rotatable bonds is 1. The lowest BCUT2D eigenvalue weighted by Gasteiger charge is -2.31. The van der Waals surface area contributed by atoms with Crippen LogP contribution in [0.25, 0.3) is 0 Å². The fourth-order valence-corrected chi connectivity index (χ4v) is 1.11. The van der Waals surface area contributed by atoms with Gasteiger partial charge in [0.1, 0.15) is 17.8 Å². The first-order valence-electron chi connectivity index (χ1n) is 3.38. The smallest absolute Gasteiger partial charge is 0.240 e. The Hall–Kier alpha value is -1.29. The monoisotopic (exact) mass is 152 g/mol. The van der Waals surface area contributed by atoms with Gasteiger partial charge in [0.2, 0.25) is 5.91 Å². The van der Waals surface area contributed by atoms with Gasteiger partial charge in [0.15, 0.2) is 0 Å². The first kappa shape index (κ1) is 6.42. The summed E-state index contributed by atoms with van der Waals surface area (Å²) in [7, 11) is 0. The van der Waals surface area contributed by atoms with Crippen molar-refractivity contribution in [1.29, 1.82) is 0 Å². The molecule has 0 aromatic carbocycles. The zero-order chi connectivity index (χ0) is 7.84. The van der Waals surface area contributed by atoms with E-state index in [-0.39, 0.29) is 11.9 Å². The van der Waals surface area contributed by atoms with Crippen molar-refractivity contribution < 1.29 is 9.21 Å². The molecule has 1 aliphatic rings. The molecular formula is C7H8N2O2. The summed E-state index contributed by atoms with van der Waals surface area (Å²) in [5, 5.41) is 2.64. The molecule has 0 bridgehead atoms. The van der Waals surface area contributed by atoms with Crippen molar-refractivity contribution in [3.05, 3.63) is 24.2 Å². The second-order valence-corrected chi connectivity index (χ2v) is 2.53. The molecule has 3 N–H and O–H groups in total. The Morgan fingerprint density at radius 3 is 2.91 bits per heavy atom. The van der Waals surface area contributed by atoms with Crippen LogP contribution in [0, 0.1) is 0 Å². The fourth-order valence-electron chi connectivity index (χ4n) is 1.11. The Labute approximate surface area is 63.4 Å². The van der Waals surface area contributed by atoms with Crippen LogP contribution in [0.3, 0.4) is 0 Å². The lowest BCUT2D eigenvalue weighted by Crippen LogP contribution is -2.60. The van der Waals surface area contributed by atoms with E-state index in [1.165, 1.54) is 0 Å². The maximum absolute atomic E-state index is 10.7. The second kappa shape index (κ2) is 2.10. The van der Waals surface area contributed by atoms with Crippen LogP contribution in [0.2, 0.25) is 0 Å². The van der Waals surface area contributed by atoms with Crippen LogP contribution in [0.1, 0.15) is 11.8 Å². The van der Waals surface area contributed by atoms with Crippen molar-refractivity contribution in [3.63, 3.8) is 0 Å². The zero-order valence-corrected chi connectivity index (χ0v) is 5.78. The van der Waals surface area contributed by atoms with Gasteiger partial charge in [-0.25, -0.2) is 0 Å². The number of hydrogen-bond donors (Lipinski definition) is 2. The van der Waals surface area contributed by atoms with Gasteiger partial charge in [0.05, 0.1) is 6.26 Å². The first-order valence-corrected chi connectivity index (χ1v) is 3.38. The van der Waals surface area contributed by atoms with Gasteiger partial charge in [-0.05, 0) is 12.1 Å². The average Bonchev–Trinajstić information content (AvgIpc) is 2.51. The number of amides is 1. The molecule has 2 atom stereocenters. The van der Waals surface area contributed by atoms with Crippen LogP contribution in [0.5, 0.6) is 0 Å². The molecule has 1 fully saturated rings. The molecule has 1 aliphatic heterocycles. The van der Waals surface area contributed by atoms with Crippen LogP contribution in [-0.2, 0) is 4.79 Å². The van der Waals surface area contributed by atoms with E-state index in [1.807, 2.05) is 0 Å². The molecule has 4 nitrogen and oxygen atoms in total. The van der Waals surface area contributed by atoms with Gasteiger partial charge in [-0.2, -0.15) is 0 Å². The Bertz CT molecular complexity index is 268. The minimum Gasteiger partial charge on any atom is -0.467 e. The SMILES string of the molecule is N[C@H]1C(=O)N[C@H]1c1ccco1. The van der Waals surface area contributed by atoms with Crippen LogP contribution in [-0.4, -0.2) is 11.9 Å². The number of β-lactam (4-membered cyclic amide) rings is 1. The molecule has 1 saturated heterocycles. The van der Waals surface area contributed by atoms with Crippen LogP contribution in [0.4, 0.5) is 0 Å². The van der Waals surface area contributed by atoms with Gasteiger partial charge in [-0.1, -0.05) is 0 Å². The summed E-state index contributed by atoms with van der Waals surface area (Å²) < 4.78 is 5.06. The number of nitrogens with one attached hydrogen (secondary N) is 1. The highest BCUT2D eigenvalue weighted by Gasteiger charge is 2.38. The van der Waals surface area contributed by atoms with Gasteiger partial charge in [0, 0.05) is 0 Å². The highest BCUT2D eigenvalue weighted by atomic mass is 16.3. The van der Waals surface area contributed by atoms with Crippen molar-refractivity contribution in [3.8, 4) is 0 Å². The molecule has 1 amide bonds. The third-order valence-electron chi connectivity index (χ3n) is 1.81. The molecule has 0 spiro atoms. The third kappa shape index (κ3) is 0.832. The van der Waals surface area contributed by atoms with Gasteiger partial charge in [-0.15, -0.1) is 0 Å². The molecule has 11 heavy (non-hydrogen) atoms. The molecule has 4 heteroatoms. The fraction of sp³-hybridized carbons (Fsp3) is 0.286. The van der Waals surface area contributed by atoms with Crippen molar-refractivity contribution in [1.82, 2.24) is 5.32 Å². The Morgan fingerprint density at radius 1 is 1.64 bits per heavy atom. The first-order chi connectivity index (χ1) is 5.29. The Balaban J connectivity index is 2.15. The largest absolute Gasteiger partial charge is 0.467 e. The van der Waals surface area contributed by atoms with Crippen molar-refractivity contribution >= 4 is 5.91 Å². The summed E-state index contributed by atoms with van der Waals surface area (Å²) in [5.41, 5.74) is 5.49. The van der Waals surface area contributed by atoms with E-state index in [2.05, 4.69) is 5.32 Å². The summed E-state index contributed by atoms with van der Waals surface area (Å²) in [6.07, 6.45) is 1.56. The molecule has 2 rings (SSSR count). The number of carbonyl (C=O) groups is 1. The molecule has 1 aromatic rings. The van der Waals surface area contributed by atoms with E-state index in [0.29, 0.717) is 0 Å². The quantitative estimate of drug-likeness (QED) is 0.546. The molecule has 0 saturated carbocycles. The average molecular weight is 152 g/mol. The topological polar surface area (TPSA) is 68.3 Å². The number of hydrogen-bond acceptors (Lipinski definition) is 3. The highest BCUT2D eigenvalue weighted by molar-refractivity contribution is 5.89. The van der Waals surface area contributed by atoms with E-state index in [9.17, 15) is 4.79 Å². The second-order valence-electron chi connectivity index (χ2n) is 2.53. The van der Waals surface area contributed by atoms with Crippen LogP contribution >= 0.6 is 0 Å². The number of carbonyl (C=O) groups excluding carboxylic acids is 1. The van der Waals surface area contributed by atoms with E-state index in [0.717, 1.165) is 5.76 Å². The van der Waals surface area contributed by atoms with Gasteiger partial charge in [-0.3, -0.25) is 4.79 Å². The van der Waals surface area contributed by atoms with Crippen LogP contribution in [0.15, 0.2) is 22.8 Å². The predicted molar refractivity (Wildman–Crippen MR) is 37.6 cm³/mol. The van der Waals surface area contributed by atoms with E-state index in [1.54, 1.807) is 18.4 Å². The molecule has 0 unspecified atom stereocenters. The number of nitrogens with two attached hydrogens (primary N) is 1. The minimum absolute atomic E-state index is 0.119. The van der Waals surface area contributed by atoms with Gasteiger partial charge < -0.3 is 15.5 Å². The standard InChI is InChI=1S/C7H8N2O2/c8-5-6(9-7(5)10)4-2-1-3-11-4/h1-3,5-6H,8H2,(H,9,10)/t5-,6+/m1/s1. The minimum atomic E-state index is -0.443. The maximum Gasteiger partial charge on any atom is 0.240 e. The molecule has 1 aromatic heterocycles. The summed E-state index contributed by atoms with van der Waals surface area (Å²) in [4.78, 5) is 10.7. The lowest BCUT2D eigenvalue weighted by molar-refractivity contribution is -0.130. The maximum atomic E-state index is 10.7. The van der Waals surface area contributed by atoms with E-state index in [4.69, 9.17) is 10.2 Å². The molecule has 58 valence electrons. The van der Waals surface area contributed by atoms with Crippen LogP contribution < -0.4 is 11.1 Å². The normalized spacial score (nSPS) is 29.4. The molecule has 0 aliphatic carbocycles. The Morgan fingerprint density at radius 2 is 2.45 bits per heavy atom. The molecular weight excluding hydrogens is 144 g/mol. The summed E-state index contributed by atoms with van der Waals surface area (Å²) in [6.45, 7) is 0. The summed E-state index contributed by atoms with van der Waals surface area (Å²) in [5.74, 6) is 0.600. The van der Waals surface area contributed by atoms with E-state index < -0.39 is 6.04 Å². The summed E-state index contributed by atoms with van der Waals surface area (Å²) in [6, 6.07) is 3.00.